The molecule has 43 heavy (non-hydrogen) atoms. The van der Waals surface area contributed by atoms with Gasteiger partial charge in [0.25, 0.3) is 0 Å². The fourth-order valence-electron chi connectivity index (χ4n) is 6.16. The maximum absolute atomic E-state index is 12.2. The summed E-state index contributed by atoms with van der Waals surface area (Å²) in [4.78, 5) is 29.4. The zero-order valence-corrected chi connectivity index (χ0v) is 26.1. The Morgan fingerprint density at radius 2 is 1.74 bits per heavy atom. The predicted octanol–water partition coefficient (Wildman–Crippen LogP) is 4.83. The number of para-hydroxylation sites is 1. The number of esters is 1. The SMILES string of the molecule is CCCCc1nc2c(N)nc3ccccc3c2n1CCCN(CCCN1CCN(C)CC1)Cc1cccc(C(=O)OC)c1. The number of hydrogen-bond acceptors (Lipinski definition) is 8. The average Bonchev–Trinajstić information content (AvgIpc) is 3.39. The van der Waals surface area contributed by atoms with Crippen LogP contribution in [0, 0.1) is 0 Å². The van der Waals surface area contributed by atoms with E-state index in [1.54, 1.807) is 0 Å². The molecule has 2 N–H and O–H groups in total. The van der Waals surface area contributed by atoms with Crippen LogP contribution >= 0.6 is 0 Å². The second-order valence-corrected chi connectivity index (χ2v) is 11.8. The van der Waals surface area contributed by atoms with E-state index >= 15 is 0 Å². The number of carbonyl (C=O) groups excluding carboxylic acids is 1. The molecule has 9 nitrogen and oxygen atoms in total. The molecule has 0 unspecified atom stereocenters. The van der Waals surface area contributed by atoms with Gasteiger partial charge in [-0.05, 0) is 63.2 Å². The minimum Gasteiger partial charge on any atom is -0.465 e. The molecule has 2 aromatic heterocycles. The van der Waals surface area contributed by atoms with Gasteiger partial charge in [0.1, 0.15) is 11.3 Å². The number of aromatic nitrogens is 3. The largest absolute Gasteiger partial charge is 0.465 e. The number of hydrogen-bond donors (Lipinski definition) is 1. The number of nitrogens with zero attached hydrogens (tertiary/aromatic N) is 6. The lowest BCUT2D eigenvalue weighted by atomic mass is 10.1. The van der Waals surface area contributed by atoms with Crippen LogP contribution in [0.15, 0.2) is 48.5 Å². The maximum atomic E-state index is 12.2. The first-order chi connectivity index (χ1) is 21.0. The van der Waals surface area contributed by atoms with Crippen molar-refractivity contribution < 1.29 is 9.53 Å². The Morgan fingerprint density at radius 3 is 2.51 bits per heavy atom. The Bertz CT molecular complexity index is 1510. The summed E-state index contributed by atoms with van der Waals surface area (Å²) in [6.07, 6.45) is 5.22. The van der Waals surface area contributed by atoms with E-state index in [4.69, 9.17) is 15.5 Å². The standard InChI is InChI=1S/C34H47N7O2/c1-4-5-15-30-37-31-32(28-13-6-7-14-29(28)36-33(31)35)41(30)19-10-18-40(17-9-16-39-22-20-38(2)21-23-39)25-26-11-8-12-27(24-26)34(42)43-3/h6-8,11-14,24H,4-5,9-10,15-23,25H2,1-3H3,(H2,35,36). The van der Waals surface area contributed by atoms with Crippen LogP contribution in [0.3, 0.4) is 0 Å². The van der Waals surface area contributed by atoms with Gasteiger partial charge in [0.2, 0.25) is 0 Å². The van der Waals surface area contributed by atoms with Gasteiger partial charge in [-0.25, -0.2) is 14.8 Å². The topological polar surface area (TPSA) is 92.8 Å². The molecule has 1 aliphatic rings. The van der Waals surface area contributed by atoms with Gasteiger partial charge >= 0.3 is 5.97 Å². The number of aryl methyl sites for hydroxylation is 2. The van der Waals surface area contributed by atoms with E-state index in [2.05, 4.69) is 56.4 Å². The first kappa shape index (κ1) is 30.9. The van der Waals surface area contributed by atoms with Crippen molar-refractivity contribution in [3.05, 3.63) is 65.5 Å². The number of benzene rings is 2. The summed E-state index contributed by atoms with van der Waals surface area (Å²) in [5, 5.41) is 1.10. The van der Waals surface area contributed by atoms with E-state index in [-0.39, 0.29) is 5.97 Å². The second kappa shape index (κ2) is 14.8. The predicted molar refractivity (Wildman–Crippen MR) is 174 cm³/mol. The summed E-state index contributed by atoms with van der Waals surface area (Å²) in [7, 11) is 3.63. The number of nitrogens with two attached hydrogens (primary N) is 1. The van der Waals surface area contributed by atoms with Gasteiger partial charge < -0.3 is 24.8 Å². The third-order valence-electron chi connectivity index (χ3n) is 8.60. The monoisotopic (exact) mass is 585 g/mol. The van der Waals surface area contributed by atoms with Crippen LogP contribution in [-0.2, 0) is 24.2 Å². The molecule has 9 heteroatoms. The Morgan fingerprint density at radius 1 is 0.977 bits per heavy atom. The van der Waals surface area contributed by atoms with Crippen molar-refractivity contribution in [2.75, 3.05) is 65.7 Å². The molecule has 4 aromatic rings. The Balaban J connectivity index is 1.34. The highest BCUT2D eigenvalue weighted by Crippen LogP contribution is 2.29. The highest BCUT2D eigenvalue weighted by molar-refractivity contribution is 6.06. The maximum Gasteiger partial charge on any atom is 0.337 e. The van der Waals surface area contributed by atoms with Gasteiger partial charge in [0.15, 0.2) is 5.82 Å². The summed E-state index contributed by atoms with van der Waals surface area (Å²) in [5.41, 5.74) is 11.0. The number of ether oxygens (including phenoxy) is 1. The van der Waals surface area contributed by atoms with Crippen LogP contribution in [0.25, 0.3) is 21.9 Å². The van der Waals surface area contributed by atoms with Crippen molar-refractivity contribution in [2.24, 2.45) is 0 Å². The second-order valence-electron chi connectivity index (χ2n) is 11.8. The third-order valence-corrected chi connectivity index (χ3v) is 8.60. The summed E-state index contributed by atoms with van der Waals surface area (Å²) in [6, 6.07) is 16.1. The highest BCUT2D eigenvalue weighted by atomic mass is 16.5. The Kier molecular flexibility index (Phi) is 10.6. The molecule has 0 atom stereocenters. The molecule has 0 radical (unpaired) electrons. The quantitative estimate of drug-likeness (QED) is 0.211. The number of pyridine rings is 1. The first-order valence-electron chi connectivity index (χ1n) is 15.8. The van der Waals surface area contributed by atoms with E-state index in [0.29, 0.717) is 11.4 Å². The molecular formula is C34H47N7O2. The van der Waals surface area contributed by atoms with E-state index in [1.165, 1.54) is 7.11 Å². The number of anilines is 1. The number of fused-ring (bicyclic) bond motifs is 3. The molecule has 1 aliphatic heterocycles. The fourth-order valence-corrected chi connectivity index (χ4v) is 6.16. The van der Waals surface area contributed by atoms with Crippen molar-refractivity contribution >= 4 is 33.7 Å². The number of imidazole rings is 1. The number of nitrogen functional groups attached to an aromatic ring is 1. The lowest BCUT2D eigenvalue weighted by Gasteiger charge is -2.33. The highest BCUT2D eigenvalue weighted by Gasteiger charge is 2.18. The van der Waals surface area contributed by atoms with E-state index in [9.17, 15) is 4.79 Å². The number of likely N-dealkylation sites (N-methyl/N-ethyl adjacent to an activating group) is 1. The lowest BCUT2D eigenvalue weighted by molar-refractivity contribution is 0.0600. The van der Waals surface area contributed by atoms with Crippen molar-refractivity contribution in [3.63, 3.8) is 0 Å². The molecule has 2 aromatic carbocycles. The zero-order chi connectivity index (χ0) is 30.2. The molecule has 0 saturated carbocycles. The number of rotatable bonds is 14. The van der Waals surface area contributed by atoms with Crippen LogP contribution in [-0.4, -0.2) is 95.2 Å². The van der Waals surface area contributed by atoms with Gasteiger partial charge in [0.05, 0.1) is 23.7 Å². The van der Waals surface area contributed by atoms with Crippen LogP contribution in [0.2, 0.25) is 0 Å². The van der Waals surface area contributed by atoms with Crippen LogP contribution in [0.1, 0.15) is 54.4 Å². The average molecular weight is 586 g/mol. The Labute approximate surface area is 255 Å². The molecule has 230 valence electrons. The van der Waals surface area contributed by atoms with Gasteiger partial charge in [0, 0.05) is 57.6 Å². The van der Waals surface area contributed by atoms with E-state index < -0.39 is 0 Å². The third kappa shape index (κ3) is 7.71. The van der Waals surface area contributed by atoms with Crippen molar-refractivity contribution in [2.45, 2.75) is 52.1 Å². The summed E-state index contributed by atoms with van der Waals surface area (Å²) >= 11 is 0. The fraction of sp³-hybridized carbons (Fsp3) is 0.500. The van der Waals surface area contributed by atoms with Crippen LogP contribution in [0.5, 0.6) is 0 Å². The number of unbranched alkanes of at least 4 members (excludes halogenated alkanes) is 1. The molecule has 0 spiro atoms. The minimum atomic E-state index is -0.295. The molecule has 0 aliphatic carbocycles. The number of piperazine rings is 1. The molecular weight excluding hydrogens is 538 g/mol. The van der Waals surface area contributed by atoms with E-state index in [0.717, 1.165) is 124 Å². The lowest BCUT2D eigenvalue weighted by Crippen LogP contribution is -2.45. The normalized spacial score (nSPS) is 14.7. The summed E-state index contributed by atoms with van der Waals surface area (Å²) < 4.78 is 7.37. The molecule has 1 saturated heterocycles. The smallest absolute Gasteiger partial charge is 0.337 e. The van der Waals surface area contributed by atoms with E-state index in [1.807, 2.05) is 30.3 Å². The van der Waals surface area contributed by atoms with Crippen molar-refractivity contribution in [1.82, 2.24) is 29.2 Å². The zero-order valence-electron chi connectivity index (χ0n) is 26.1. The van der Waals surface area contributed by atoms with Gasteiger partial charge in [-0.3, -0.25) is 4.90 Å². The van der Waals surface area contributed by atoms with Crippen molar-refractivity contribution in [3.8, 4) is 0 Å². The summed E-state index contributed by atoms with van der Waals surface area (Å²) in [6.45, 7) is 11.5. The van der Waals surface area contributed by atoms with Gasteiger partial charge in [-0.1, -0.05) is 43.7 Å². The van der Waals surface area contributed by atoms with Gasteiger partial charge in [-0.15, -0.1) is 0 Å². The van der Waals surface area contributed by atoms with Crippen LogP contribution in [0.4, 0.5) is 5.82 Å². The molecule has 5 rings (SSSR count). The summed E-state index contributed by atoms with van der Waals surface area (Å²) in [5.74, 6) is 1.30. The van der Waals surface area contributed by atoms with Gasteiger partial charge in [-0.2, -0.15) is 0 Å². The number of carbonyl (C=O) groups is 1. The Hall–Kier alpha value is -3.53. The minimum absolute atomic E-state index is 0.295. The van der Waals surface area contributed by atoms with Crippen molar-refractivity contribution in [1.29, 1.82) is 0 Å². The molecule has 0 amide bonds. The molecule has 0 bridgehead atoms. The first-order valence-corrected chi connectivity index (χ1v) is 15.8. The molecule has 1 fully saturated rings. The number of methoxy groups -OCH3 is 1. The molecule has 3 heterocycles. The van der Waals surface area contributed by atoms with Crippen LogP contribution < -0.4 is 5.73 Å².